The molecule has 0 saturated carbocycles. The predicted molar refractivity (Wildman–Crippen MR) is 107 cm³/mol. The summed E-state index contributed by atoms with van der Waals surface area (Å²) in [6.45, 7) is 2.64. The Morgan fingerprint density at radius 2 is 1.58 bits per heavy atom. The van der Waals surface area contributed by atoms with Crippen molar-refractivity contribution < 1.29 is 9.59 Å². The van der Waals surface area contributed by atoms with Crippen LogP contribution in [0.15, 0.2) is 48.5 Å². The molecular formula is C19H21Cl2N3O2. The van der Waals surface area contributed by atoms with Crippen LogP contribution in [-0.2, 0) is 9.59 Å². The zero-order valence-electron chi connectivity index (χ0n) is 14.7. The summed E-state index contributed by atoms with van der Waals surface area (Å²) in [5.41, 5.74) is 1.19. The van der Waals surface area contributed by atoms with Gasteiger partial charge in [-0.1, -0.05) is 54.4 Å². The molecule has 0 unspecified atom stereocenters. The lowest BCUT2D eigenvalue weighted by Crippen LogP contribution is -2.41. The quantitative estimate of drug-likeness (QED) is 0.775. The Morgan fingerprint density at radius 3 is 2.15 bits per heavy atom. The van der Waals surface area contributed by atoms with E-state index in [9.17, 15) is 9.59 Å². The molecule has 0 atom stereocenters. The van der Waals surface area contributed by atoms with Crippen molar-refractivity contribution in [1.82, 2.24) is 4.90 Å². The fraction of sp³-hybridized carbons (Fsp3) is 0.263. The van der Waals surface area contributed by atoms with E-state index in [4.69, 9.17) is 23.2 Å². The summed E-state index contributed by atoms with van der Waals surface area (Å²) in [7, 11) is 1.72. The molecule has 0 heterocycles. The van der Waals surface area contributed by atoms with Gasteiger partial charge in [0.15, 0.2) is 0 Å². The molecule has 0 radical (unpaired) electrons. The van der Waals surface area contributed by atoms with Crippen LogP contribution in [0.1, 0.15) is 6.92 Å². The third-order valence-electron chi connectivity index (χ3n) is 3.92. The summed E-state index contributed by atoms with van der Waals surface area (Å²) < 4.78 is 0. The van der Waals surface area contributed by atoms with Crippen molar-refractivity contribution in [1.29, 1.82) is 0 Å². The normalized spacial score (nSPS) is 10.7. The van der Waals surface area contributed by atoms with E-state index in [0.717, 1.165) is 5.69 Å². The van der Waals surface area contributed by atoms with Gasteiger partial charge in [-0.05, 0) is 30.8 Å². The highest BCUT2D eigenvalue weighted by atomic mass is 35.5. The first-order chi connectivity index (χ1) is 12.4. The van der Waals surface area contributed by atoms with Crippen LogP contribution < -0.4 is 10.2 Å². The standard InChI is InChI=1S/C19H21Cl2N3O2/c1-3-24(13-18(26)23(2)14-8-5-4-6-9-14)12-17(25)22-19-15(20)10-7-11-16(19)21/h4-11H,3,12-13H2,1-2H3,(H,22,25). The van der Waals surface area contributed by atoms with E-state index < -0.39 is 0 Å². The molecular weight excluding hydrogens is 373 g/mol. The first-order valence-electron chi connectivity index (χ1n) is 8.20. The summed E-state index contributed by atoms with van der Waals surface area (Å²) in [6, 6.07) is 14.4. The van der Waals surface area contributed by atoms with E-state index in [1.807, 2.05) is 37.3 Å². The lowest BCUT2D eigenvalue weighted by molar-refractivity contribution is -0.121. The van der Waals surface area contributed by atoms with Crippen molar-refractivity contribution in [2.45, 2.75) is 6.92 Å². The molecule has 26 heavy (non-hydrogen) atoms. The molecule has 0 bridgehead atoms. The minimum atomic E-state index is -0.281. The molecule has 2 aromatic carbocycles. The number of carbonyl (C=O) groups is 2. The Morgan fingerprint density at radius 1 is 0.962 bits per heavy atom. The van der Waals surface area contributed by atoms with Crippen molar-refractivity contribution in [3.8, 4) is 0 Å². The predicted octanol–water partition coefficient (Wildman–Crippen LogP) is 3.92. The van der Waals surface area contributed by atoms with Gasteiger partial charge in [0.25, 0.3) is 0 Å². The number of para-hydroxylation sites is 2. The molecule has 2 amide bonds. The lowest BCUT2D eigenvalue weighted by Gasteiger charge is -2.23. The Bertz CT molecular complexity index is 748. The number of nitrogens with one attached hydrogen (secondary N) is 1. The minimum Gasteiger partial charge on any atom is -0.322 e. The highest BCUT2D eigenvalue weighted by Gasteiger charge is 2.18. The smallest absolute Gasteiger partial charge is 0.240 e. The first-order valence-corrected chi connectivity index (χ1v) is 8.95. The molecule has 5 nitrogen and oxygen atoms in total. The van der Waals surface area contributed by atoms with Crippen molar-refractivity contribution in [2.24, 2.45) is 0 Å². The van der Waals surface area contributed by atoms with E-state index in [1.165, 1.54) is 0 Å². The lowest BCUT2D eigenvalue weighted by atomic mass is 10.3. The molecule has 0 aromatic heterocycles. The first kappa shape index (κ1) is 20.2. The van der Waals surface area contributed by atoms with Crippen molar-refractivity contribution >= 4 is 46.4 Å². The molecule has 0 spiro atoms. The van der Waals surface area contributed by atoms with Crippen LogP contribution in [0.3, 0.4) is 0 Å². The van der Waals surface area contributed by atoms with Gasteiger partial charge in [0.05, 0.1) is 28.8 Å². The molecule has 0 fully saturated rings. The van der Waals surface area contributed by atoms with E-state index in [0.29, 0.717) is 22.3 Å². The number of halogens is 2. The SMILES string of the molecule is CCN(CC(=O)Nc1c(Cl)cccc1Cl)CC(=O)N(C)c1ccccc1. The van der Waals surface area contributed by atoms with Gasteiger partial charge < -0.3 is 10.2 Å². The molecule has 7 heteroatoms. The Balaban J connectivity index is 1.96. The fourth-order valence-electron chi connectivity index (χ4n) is 2.37. The van der Waals surface area contributed by atoms with Crippen molar-refractivity contribution in [2.75, 3.05) is 36.9 Å². The Kier molecular flexibility index (Phi) is 7.45. The molecule has 1 N–H and O–H groups in total. The van der Waals surface area contributed by atoms with Gasteiger partial charge in [0.1, 0.15) is 0 Å². The van der Waals surface area contributed by atoms with E-state index >= 15 is 0 Å². The number of benzene rings is 2. The van der Waals surface area contributed by atoms with Crippen LogP contribution in [0.4, 0.5) is 11.4 Å². The molecule has 138 valence electrons. The van der Waals surface area contributed by atoms with Gasteiger partial charge in [0, 0.05) is 12.7 Å². The maximum atomic E-state index is 12.5. The van der Waals surface area contributed by atoms with Gasteiger partial charge in [0.2, 0.25) is 11.8 Å². The average Bonchev–Trinajstić information content (AvgIpc) is 2.64. The van der Waals surface area contributed by atoms with Gasteiger partial charge in [-0.25, -0.2) is 0 Å². The third-order valence-corrected chi connectivity index (χ3v) is 4.55. The number of carbonyl (C=O) groups excluding carboxylic acids is 2. The maximum Gasteiger partial charge on any atom is 0.240 e. The highest BCUT2D eigenvalue weighted by molar-refractivity contribution is 6.39. The van der Waals surface area contributed by atoms with E-state index in [-0.39, 0.29) is 24.9 Å². The summed E-state index contributed by atoms with van der Waals surface area (Å²) in [6.07, 6.45) is 0. The van der Waals surface area contributed by atoms with Gasteiger partial charge >= 0.3 is 0 Å². The van der Waals surface area contributed by atoms with Crippen LogP contribution in [-0.4, -0.2) is 43.4 Å². The largest absolute Gasteiger partial charge is 0.322 e. The van der Waals surface area contributed by atoms with Gasteiger partial charge in [-0.2, -0.15) is 0 Å². The van der Waals surface area contributed by atoms with E-state index in [1.54, 1.807) is 35.0 Å². The second-order valence-corrected chi connectivity index (χ2v) is 6.55. The minimum absolute atomic E-state index is 0.0619. The van der Waals surface area contributed by atoms with Crippen LogP contribution in [0.25, 0.3) is 0 Å². The second-order valence-electron chi connectivity index (χ2n) is 5.74. The van der Waals surface area contributed by atoms with Crippen LogP contribution >= 0.6 is 23.2 Å². The molecule has 2 aromatic rings. The zero-order valence-corrected chi connectivity index (χ0v) is 16.2. The summed E-state index contributed by atoms with van der Waals surface area (Å²) in [5.74, 6) is -0.376. The van der Waals surface area contributed by atoms with Gasteiger partial charge in [-0.15, -0.1) is 0 Å². The average molecular weight is 394 g/mol. The fourth-order valence-corrected chi connectivity index (χ4v) is 2.86. The van der Waals surface area contributed by atoms with Crippen molar-refractivity contribution in [3.63, 3.8) is 0 Å². The van der Waals surface area contributed by atoms with Crippen LogP contribution in [0.2, 0.25) is 10.0 Å². The number of rotatable bonds is 7. The topological polar surface area (TPSA) is 52.7 Å². The number of likely N-dealkylation sites (N-methyl/N-ethyl adjacent to an activating group) is 2. The van der Waals surface area contributed by atoms with Gasteiger partial charge in [-0.3, -0.25) is 14.5 Å². The summed E-state index contributed by atoms with van der Waals surface area (Å²) in [5, 5.41) is 3.45. The molecule has 0 saturated heterocycles. The number of anilines is 2. The number of amides is 2. The summed E-state index contributed by atoms with van der Waals surface area (Å²) >= 11 is 12.1. The molecule has 0 aliphatic rings. The molecule has 0 aliphatic carbocycles. The third kappa shape index (κ3) is 5.46. The maximum absolute atomic E-state index is 12.5. The van der Waals surface area contributed by atoms with E-state index in [2.05, 4.69) is 5.32 Å². The second kappa shape index (κ2) is 9.57. The Labute approximate surface area is 163 Å². The van der Waals surface area contributed by atoms with Crippen molar-refractivity contribution in [3.05, 3.63) is 58.6 Å². The van der Waals surface area contributed by atoms with Crippen LogP contribution in [0.5, 0.6) is 0 Å². The number of hydrogen-bond acceptors (Lipinski definition) is 3. The Hall–Kier alpha value is -2.08. The summed E-state index contributed by atoms with van der Waals surface area (Å²) in [4.78, 5) is 28.1. The number of hydrogen-bond donors (Lipinski definition) is 1. The monoisotopic (exact) mass is 393 g/mol. The van der Waals surface area contributed by atoms with Crippen LogP contribution in [0, 0.1) is 0 Å². The number of nitrogens with zero attached hydrogens (tertiary/aromatic N) is 2. The zero-order chi connectivity index (χ0) is 19.1. The highest BCUT2D eigenvalue weighted by Crippen LogP contribution is 2.29. The molecule has 2 rings (SSSR count). The molecule has 0 aliphatic heterocycles.